The maximum absolute atomic E-state index is 11.6. The number of sulfonamides is 1. The second-order valence-electron chi connectivity index (χ2n) is 5.49. The topological polar surface area (TPSA) is 72.2 Å². The van der Waals surface area contributed by atoms with E-state index in [1.807, 2.05) is 0 Å². The van der Waals surface area contributed by atoms with Gasteiger partial charge in [-0.15, -0.1) is 11.8 Å². The fourth-order valence-electron chi connectivity index (χ4n) is 3.39. The van der Waals surface area contributed by atoms with Crippen LogP contribution in [0.5, 0.6) is 0 Å². The predicted octanol–water partition coefficient (Wildman–Crippen LogP) is 1.52. The van der Waals surface area contributed by atoms with Gasteiger partial charge in [-0.25, -0.2) is 13.6 Å². The molecule has 0 aromatic rings. The Balaban J connectivity index is 1.69. The second-order valence-corrected chi connectivity index (χ2v) is 8.35. The van der Waals surface area contributed by atoms with Gasteiger partial charge in [0.05, 0.1) is 10.6 Å². The number of hydrogen-bond acceptors (Lipinski definition) is 4. The minimum Gasteiger partial charge on any atom is -0.376 e. The minimum atomic E-state index is -3.39. The summed E-state index contributed by atoms with van der Waals surface area (Å²) in [4.78, 5) is 0. The van der Waals surface area contributed by atoms with Crippen molar-refractivity contribution in [3.8, 4) is 0 Å². The molecule has 3 N–H and O–H groups in total. The Kier molecular flexibility index (Phi) is 2.99. The molecule has 4 atom stereocenters. The Morgan fingerprint density at radius 1 is 1.50 bits per heavy atom. The third-order valence-electron chi connectivity index (χ3n) is 4.14. The molecular formula is C12H18N2O2S2. The van der Waals surface area contributed by atoms with Crippen molar-refractivity contribution in [2.75, 3.05) is 0 Å². The van der Waals surface area contributed by atoms with Crippen LogP contribution in [-0.2, 0) is 10.0 Å². The van der Waals surface area contributed by atoms with Crippen LogP contribution in [0.1, 0.15) is 26.2 Å². The Bertz CT molecular complexity index is 524. The molecule has 1 saturated carbocycles. The standard InChI is InChI=1S/C12H18N2O2S2/c1-7-6-17-12(14-7)5-9-2-8-3-10(9)11(4-8)18(13,15)16/h2,6,9-12,14H,3-5H2,1H3,(H2,13,15,16)/t9?,10-,11-,12?/m0/s1. The number of hydrogen-bond donors (Lipinski definition) is 2. The van der Waals surface area contributed by atoms with Gasteiger partial charge in [0, 0.05) is 5.70 Å². The fraction of sp³-hybridized carbons (Fsp3) is 0.667. The third-order valence-corrected chi connectivity index (χ3v) is 6.63. The molecule has 0 saturated heterocycles. The van der Waals surface area contributed by atoms with Gasteiger partial charge >= 0.3 is 0 Å². The summed E-state index contributed by atoms with van der Waals surface area (Å²) in [6, 6.07) is 0. The Morgan fingerprint density at radius 3 is 2.83 bits per heavy atom. The lowest BCUT2D eigenvalue weighted by molar-refractivity contribution is 0.385. The van der Waals surface area contributed by atoms with Gasteiger partial charge in [-0.05, 0) is 43.4 Å². The summed E-state index contributed by atoms with van der Waals surface area (Å²) in [6.07, 6.45) is 4.85. The number of nitrogens with two attached hydrogens (primary N) is 1. The molecule has 100 valence electrons. The van der Waals surface area contributed by atoms with E-state index in [4.69, 9.17) is 5.14 Å². The smallest absolute Gasteiger partial charge is 0.212 e. The van der Waals surface area contributed by atoms with Crippen LogP contribution in [0, 0.1) is 11.8 Å². The average Bonchev–Trinajstić information content (AvgIpc) is 2.92. The van der Waals surface area contributed by atoms with E-state index >= 15 is 0 Å². The van der Waals surface area contributed by atoms with Crippen LogP contribution in [0.4, 0.5) is 0 Å². The van der Waals surface area contributed by atoms with Crippen molar-refractivity contribution < 1.29 is 8.42 Å². The van der Waals surface area contributed by atoms with Gasteiger partial charge in [-0.2, -0.15) is 0 Å². The molecule has 0 radical (unpaired) electrons. The van der Waals surface area contributed by atoms with Gasteiger partial charge in [0.15, 0.2) is 0 Å². The molecule has 6 heteroatoms. The molecule has 0 amide bonds. The SMILES string of the molecule is CC1=CSC(CC2C=C3C[C@@H]2[C@@H](S(N)(=O)=O)C3)N1. The van der Waals surface area contributed by atoms with E-state index in [1.54, 1.807) is 11.8 Å². The average molecular weight is 286 g/mol. The van der Waals surface area contributed by atoms with Gasteiger partial charge in [0.2, 0.25) is 10.0 Å². The molecule has 1 heterocycles. The van der Waals surface area contributed by atoms with Gasteiger partial charge < -0.3 is 5.32 Å². The molecule has 1 fully saturated rings. The summed E-state index contributed by atoms with van der Waals surface area (Å²) in [5.41, 5.74) is 2.49. The number of allylic oxidation sites excluding steroid dienone is 3. The zero-order valence-corrected chi connectivity index (χ0v) is 11.9. The number of rotatable bonds is 3. The van der Waals surface area contributed by atoms with Crippen LogP contribution in [-0.4, -0.2) is 19.0 Å². The van der Waals surface area contributed by atoms with E-state index in [0.717, 1.165) is 12.8 Å². The highest BCUT2D eigenvalue weighted by molar-refractivity contribution is 8.02. The first-order chi connectivity index (χ1) is 8.43. The fourth-order valence-corrected chi connectivity index (χ4v) is 5.64. The van der Waals surface area contributed by atoms with Gasteiger partial charge in [-0.1, -0.05) is 11.6 Å². The van der Waals surface area contributed by atoms with E-state index in [0.29, 0.717) is 17.7 Å². The molecule has 2 aliphatic carbocycles. The molecular weight excluding hydrogens is 268 g/mol. The highest BCUT2D eigenvalue weighted by Gasteiger charge is 2.46. The summed E-state index contributed by atoms with van der Waals surface area (Å²) < 4.78 is 23.2. The molecule has 18 heavy (non-hydrogen) atoms. The summed E-state index contributed by atoms with van der Waals surface area (Å²) >= 11 is 1.79. The largest absolute Gasteiger partial charge is 0.376 e. The molecule has 3 aliphatic rings. The lowest BCUT2D eigenvalue weighted by Crippen LogP contribution is -2.36. The van der Waals surface area contributed by atoms with Crippen LogP contribution in [0.25, 0.3) is 0 Å². The maximum atomic E-state index is 11.6. The number of fused-ring (bicyclic) bond motifs is 2. The molecule has 1 aliphatic heterocycles. The zero-order valence-electron chi connectivity index (χ0n) is 10.3. The normalized spacial score (nSPS) is 38.6. The zero-order chi connectivity index (χ0) is 12.9. The first kappa shape index (κ1) is 12.6. The molecule has 2 unspecified atom stereocenters. The van der Waals surface area contributed by atoms with E-state index in [2.05, 4.69) is 23.7 Å². The van der Waals surface area contributed by atoms with E-state index in [9.17, 15) is 8.42 Å². The van der Waals surface area contributed by atoms with Gasteiger partial charge in [-0.3, -0.25) is 0 Å². The third kappa shape index (κ3) is 2.21. The summed E-state index contributed by atoms with van der Waals surface area (Å²) in [6.45, 7) is 2.05. The number of primary sulfonamides is 1. The van der Waals surface area contributed by atoms with Crippen LogP contribution in [0.3, 0.4) is 0 Å². The maximum Gasteiger partial charge on any atom is 0.212 e. The summed E-state index contributed by atoms with van der Waals surface area (Å²) in [7, 11) is -3.39. The van der Waals surface area contributed by atoms with Crippen molar-refractivity contribution in [1.29, 1.82) is 0 Å². The summed E-state index contributed by atoms with van der Waals surface area (Å²) in [5, 5.41) is 10.9. The number of nitrogens with one attached hydrogen (secondary N) is 1. The molecule has 3 rings (SSSR count). The highest BCUT2D eigenvalue weighted by Crippen LogP contribution is 2.48. The first-order valence-electron chi connectivity index (χ1n) is 6.23. The number of thioether (sulfide) groups is 1. The van der Waals surface area contributed by atoms with Crippen molar-refractivity contribution in [3.63, 3.8) is 0 Å². The van der Waals surface area contributed by atoms with Crippen molar-refractivity contribution in [1.82, 2.24) is 5.32 Å². The molecule has 0 spiro atoms. The Morgan fingerprint density at radius 2 is 2.28 bits per heavy atom. The van der Waals surface area contributed by atoms with Crippen LogP contribution >= 0.6 is 11.8 Å². The monoisotopic (exact) mass is 286 g/mol. The summed E-state index contributed by atoms with van der Waals surface area (Å²) in [5.74, 6) is 0.569. The first-order valence-corrected chi connectivity index (χ1v) is 8.78. The molecule has 0 aromatic heterocycles. The van der Waals surface area contributed by atoms with Crippen molar-refractivity contribution >= 4 is 21.8 Å². The second kappa shape index (κ2) is 4.28. The molecule has 4 nitrogen and oxygen atoms in total. The van der Waals surface area contributed by atoms with E-state index < -0.39 is 10.0 Å². The Labute approximate surface area is 112 Å². The Hall–Kier alpha value is -0.460. The van der Waals surface area contributed by atoms with E-state index in [-0.39, 0.29) is 11.2 Å². The molecule has 2 bridgehead atoms. The van der Waals surface area contributed by atoms with Crippen molar-refractivity contribution in [3.05, 3.63) is 22.8 Å². The quantitative estimate of drug-likeness (QED) is 0.772. The van der Waals surface area contributed by atoms with Crippen LogP contribution in [0.15, 0.2) is 22.8 Å². The van der Waals surface area contributed by atoms with Crippen molar-refractivity contribution in [2.24, 2.45) is 17.0 Å². The lowest BCUT2D eigenvalue weighted by Gasteiger charge is -2.27. The van der Waals surface area contributed by atoms with Crippen molar-refractivity contribution in [2.45, 2.75) is 36.8 Å². The highest BCUT2D eigenvalue weighted by atomic mass is 32.2. The predicted molar refractivity (Wildman–Crippen MR) is 74.1 cm³/mol. The van der Waals surface area contributed by atoms with Gasteiger partial charge in [0.25, 0.3) is 0 Å². The molecule has 0 aromatic carbocycles. The van der Waals surface area contributed by atoms with Gasteiger partial charge in [0.1, 0.15) is 0 Å². The lowest BCUT2D eigenvalue weighted by atomic mass is 9.89. The minimum absolute atomic E-state index is 0.207. The van der Waals surface area contributed by atoms with Crippen LogP contribution < -0.4 is 10.5 Å². The van der Waals surface area contributed by atoms with E-state index in [1.165, 1.54) is 11.3 Å². The van der Waals surface area contributed by atoms with Crippen LogP contribution in [0.2, 0.25) is 0 Å².